The van der Waals surface area contributed by atoms with E-state index in [2.05, 4.69) is 0 Å². The number of carbonyl (C=O) groups excluding carboxylic acids is 1. The molecule has 2 atom stereocenters. The van der Waals surface area contributed by atoms with Crippen molar-refractivity contribution in [1.29, 1.82) is 0 Å². The van der Waals surface area contributed by atoms with Crippen LogP contribution in [0.15, 0.2) is 24.3 Å². The Balaban J connectivity index is 2.08. The number of carboxylic acid groups (broad SMARTS) is 1. The summed E-state index contributed by atoms with van der Waals surface area (Å²) in [4.78, 5) is 25.1. The largest absolute Gasteiger partial charge is 0.481 e. The Labute approximate surface area is 118 Å². The predicted molar refractivity (Wildman–Crippen MR) is 75.0 cm³/mol. The molecule has 2 rings (SSSR count). The predicted octanol–water partition coefficient (Wildman–Crippen LogP) is 1.01. The van der Waals surface area contributed by atoms with Crippen LogP contribution in [0.2, 0.25) is 0 Å². The minimum atomic E-state index is -0.824. The van der Waals surface area contributed by atoms with Crippen molar-refractivity contribution in [3.63, 3.8) is 0 Å². The Morgan fingerprint density at radius 2 is 2.00 bits per heavy atom. The van der Waals surface area contributed by atoms with E-state index < -0.39 is 11.9 Å². The third-order valence-corrected chi connectivity index (χ3v) is 4.07. The molecule has 20 heavy (non-hydrogen) atoms. The summed E-state index contributed by atoms with van der Waals surface area (Å²) in [7, 11) is 0. The summed E-state index contributed by atoms with van der Waals surface area (Å²) in [5, 5.41) is 9.10. The second-order valence-corrected chi connectivity index (χ2v) is 5.21. The zero-order valence-electron chi connectivity index (χ0n) is 11.6. The van der Waals surface area contributed by atoms with Crippen LogP contribution in [0.25, 0.3) is 0 Å². The lowest BCUT2D eigenvalue weighted by Gasteiger charge is -2.23. The molecule has 5 nitrogen and oxygen atoms in total. The number of amides is 1. The van der Waals surface area contributed by atoms with E-state index in [1.807, 2.05) is 24.3 Å². The molecule has 0 aliphatic carbocycles. The number of hydrogen-bond acceptors (Lipinski definition) is 3. The van der Waals surface area contributed by atoms with Crippen LogP contribution in [0.5, 0.6) is 0 Å². The smallest absolute Gasteiger partial charge is 0.308 e. The molecular weight excluding hydrogens is 256 g/mol. The average Bonchev–Trinajstić information content (AvgIpc) is 2.81. The van der Waals surface area contributed by atoms with Crippen molar-refractivity contribution >= 4 is 11.9 Å². The highest BCUT2D eigenvalue weighted by molar-refractivity contribution is 5.81. The van der Waals surface area contributed by atoms with Gasteiger partial charge in [-0.05, 0) is 24.5 Å². The molecule has 1 aliphatic heterocycles. The molecule has 1 heterocycles. The van der Waals surface area contributed by atoms with Gasteiger partial charge in [0, 0.05) is 19.1 Å². The fraction of sp³-hybridized carbons (Fsp3) is 0.467. The van der Waals surface area contributed by atoms with Crippen molar-refractivity contribution in [2.75, 3.05) is 6.54 Å². The monoisotopic (exact) mass is 276 g/mol. The van der Waals surface area contributed by atoms with Crippen LogP contribution in [0.3, 0.4) is 0 Å². The number of nitrogens with two attached hydrogens (primary N) is 1. The fourth-order valence-corrected chi connectivity index (χ4v) is 2.82. The van der Waals surface area contributed by atoms with Crippen molar-refractivity contribution in [1.82, 2.24) is 4.90 Å². The molecule has 0 spiro atoms. The molecule has 1 amide bonds. The molecular formula is C15H20N2O3. The van der Waals surface area contributed by atoms with E-state index in [1.165, 1.54) is 0 Å². The van der Waals surface area contributed by atoms with Gasteiger partial charge in [-0.3, -0.25) is 9.59 Å². The summed E-state index contributed by atoms with van der Waals surface area (Å²) in [5.41, 5.74) is 7.55. The quantitative estimate of drug-likeness (QED) is 0.859. The topological polar surface area (TPSA) is 83.6 Å². The van der Waals surface area contributed by atoms with E-state index in [4.69, 9.17) is 10.8 Å². The van der Waals surface area contributed by atoms with Gasteiger partial charge in [0.05, 0.1) is 12.3 Å². The summed E-state index contributed by atoms with van der Waals surface area (Å²) in [6.45, 7) is 2.72. The first kappa shape index (κ1) is 14.5. The molecule has 1 aliphatic rings. The number of nitrogens with zero attached hydrogens (tertiary/aromatic N) is 1. The highest BCUT2D eigenvalue weighted by atomic mass is 16.4. The lowest BCUT2D eigenvalue weighted by molar-refractivity contribution is -0.143. The Morgan fingerprint density at radius 1 is 1.35 bits per heavy atom. The zero-order valence-corrected chi connectivity index (χ0v) is 11.6. The molecule has 0 aromatic heterocycles. The number of carboxylic acids is 1. The Morgan fingerprint density at radius 3 is 2.55 bits per heavy atom. The van der Waals surface area contributed by atoms with Gasteiger partial charge in [0.25, 0.3) is 0 Å². The molecule has 0 saturated carbocycles. The lowest BCUT2D eigenvalue weighted by atomic mass is 10.0. The van der Waals surface area contributed by atoms with Crippen molar-refractivity contribution in [2.24, 2.45) is 11.7 Å². The van der Waals surface area contributed by atoms with Gasteiger partial charge in [-0.15, -0.1) is 0 Å². The minimum absolute atomic E-state index is 0.0258. The summed E-state index contributed by atoms with van der Waals surface area (Å²) < 4.78 is 0. The van der Waals surface area contributed by atoms with E-state index in [0.29, 0.717) is 19.5 Å². The van der Waals surface area contributed by atoms with Crippen LogP contribution >= 0.6 is 0 Å². The third-order valence-electron chi connectivity index (χ3n) is 4.07. The van der Waals surface area contributed by atoms with Gasteiger partial charge in [-0.2, -0.15) is 0 Å². The van der Waals surface area contributed by atoms with Crippen LogP contribution in [0.4, 0.5) is 0 Å². The summed E-state index contributed by atoms with van der Waals surface area (Å²) in [5.74, 6) is -1.30. The van der Waals surface area contributed by atoms with Crippen LogP contribution in [0.1, 0.15) is 24.5 Å². The lowest BCUT2D eigenvalue weighted by Crippen LogP contribution is -2.38. The van der Waals surface area contributed by atoms with Gasteiger partial charge in [0.1, 0.15) is 0 Å². The van der Waals surface area contributed by atoms with Gasteiger partial charge in [0.2, 0.25) is 5.91 Å². The standard InChI is InChI=1S/C15H20N2O3/c1-10-13(15(19)20)6-7-17(10)14(18)8-11-4-2-3-5-12(11)9-16/h2-5,10,13H,6-9,16H2,1H3,(H,19,20). The van der Waals surface area contributed by atoms with Crippen LogP contribution in [-0.4, -0.2) is 34.5 Å². The van der Waals surface area contributed by atoms with Crippen LogP contribution in [0, 0.1) is 5.92 Å². The van der Waals surface area contributed by atoms with E-state index >= 15 is 0 Å². The summed E-state index contributed by atoms with van der Waals surface area (Å²) >= 11 is 0. The molecule has 5 heteroatoms. The molecule has 0 bridgehead atoms. The number of likely N-dealkylation sites (tertiary alicyclic amines) is 1. The molecule has 2 unspecified atom stereocenters. The van der Waals surface area contributed by atoms with Crippen LogP contribution in [-0.2, 0) is 22.6 Å². The number of benzene rings is 1. The SMILES string of the molecule is CC1C(C(=O)O)CCN1C(=O)Cc1ccccc1CN. The fourth-order valence-electron chi connectivity index (χ4n) is 2.82. The first-order valence-corrected chi connectivity index (χ1v) is 6.83. The van der Waals surface area contributed by atoms with Crippen molar-refractivity contribution < 1.29 is 14.7 Å². The average molecular weight is 276 g/mol. The number of hydrogen-bond donors (Lipinski definition) is 2. The van der Waals surface area contributed by atoms with Crippen molar-refractivity contribution in [3.8, 4) is 0 Å². The van der Waals surface area contributed by atoms with Crippen LogP contribution < -0.4 is 5.73 Å². The maximum absolute atomic E-state index is 12.4. The highest BCUT2D eigenvalue weighted by Gasteiger charge is 2.37. The van der Waals surface area contributed by atoms with E-state index in [-0.39, 0.29) is 18.4 Å². The maximum Gasteiger partial charge on any atom is 0.308 e. The van der Waals surface area contributed by atoms with Gasteiger partial charge >= 0.3 is 5.97 Å². The third kappa shape index (κ3) is 2.82. The molecule has 1 aromatic carbocycles. The second-order valence-electron chi connectivity index (χ2n) is 5.21. The Bertz CT molecular complexity index is 516. The molecule has 1 fully saturated rings. The number of rotatable bonds is 4. The van der Waals surface area contributed by atoms with Crippen molar-refractivity contribution in [3.05, 3.63) is 35.4 Å². The highest BCUT2D eigenvalue weighted by Crippen LogP contribution is 2.25. The Kier molecular flexibility index (Phi) is 4.39. The van der Waals surface area contributed by atoms with E-state index in [1.54, 1.807) is 11.8 Å². The van der Waals surface area contributed by atoms with Gasteiger partial charge in [0.15, 0.2) is 0 Å². The van der Waals surface area contributed by atoms with E-state index in [0.717, 1.165) is 11.1 Å². The minimum Gasteiger partial charge on any atom is -0.481 e. The molecule has 0 radical (unpaired) electrons. The first-order valence-electron chi connectivity index (χ1n) is 6.83. The normalized spacial score (nSPS) is 22.0. The Hall–Kier alpha value is -1.88. The second kappa shape index (κ2) is 6.05. The number of carbonyl (C=O) groups is 2. The molecule has 1 aromatic rings. The van der Waals surface area contributed by atoms with Gasteiger partial charge < -0.3 is 15.7 Å². The molecule has 108 valence electrons. The molecule has 3 N–H and O–H groups in total. The summed E-state index contributed by atoms with van der Waals surface area (Å²) in [6, 6.07) is 7.35. The first-order chi connectivity index (χ1) is 9.54. The van der Waals surface area contributed by atoms with Crippen molar-refractivity contribution in [2.45, 2.75) is 32.4 Å². The van der Waals surface area contributed by atoms with Gasteiger partial charge in [-0.25, -0.2) is 0 Å². The molecule has 1 saturated heterocycles. The number of aliphatic carboxylic acids is 1. The van der Waals surface area contributed by atoms with Gasteiger partial charge in [-0.1, -0.05) is 24.3 Å². The summed E-state index contributed by atoms with van der Waals surface area (Å²) in [6.07, 6.45) is 0.810. The maximum atomic E-state index is 12.4. The van der Waals surface area contributed by atoms with E-state index in [9.17, 15) is 9.59 Å². The zero-order chi connectivity index (χ0) is 14.7.